The molecule has 5 nitrogen and oxygen atoms in total. The first kappa shape index (κ1) is 13.1. The van der Waals surface area contributed by atoms with Gasteiger partial charge in [-0.3, -0.25) is 5.43 Å². The van der Waals surface area contributed by atoms with Gasteiger partial charge in [-0.05, 0) is 34.7 Å². The maximum Gasteiger partial charge on any atom is 0.205 e. The van der Waals surface area contributed by atoms with E-state index in [1.54, 1.807) is 18.7 Å². The van der Waals surface area contributed by atoms with Crippen molar-refractivity contribution in [3.63, 3.8) is 0 Å². The molecule has 1 aromatic carbocycles. The van der Waals surface area contributed by atoms with Gasteiger partial charge in [-0.1, -0.05) is 6.07 Å². The monoisotopic (exact) mass is 374 g/mol. The molecule has 0 fully saturated rings. The highest BCUT2D eigenvalue weighted by Gasteiger charge is 2.04. The average molecular weight is 374 g/mol. The van der Waals surface area contributed by atoms with Gasteiger partial charge < -0.3 is 10.5 Å². The Balaban J connectivity index is 2.13. The van der Waals surface area contributed by atoms with Gasteiger partial charge in [0, 0.05) is 14.5 Å². The van der Waals surface area contributed by atoms with Crippen LogP contribution in [0.3, 0.4) is 0 Å². The number of hydrogen-bond acceptors (Lipinski definition) is 6. The van der Waals surface area contributed by atoms with Crippen LogP contribution in [0.4, 0.5) is 10.9 Å². The lowest BCUT2D eigenvalue weighted by molar-refractivity contribution is 0.414. The normalized spacial score (nSPS) is 10.8. The third-order valence-corrected chi connectivity index (χ3v) is 3.81. The predicted octanol–water partition coefficient (Wildman–Crippen LogP) is 2.78. The number of hydrogen-bond donors (Lipinski definition) is 2. The molecule has 0 saturated carbocycles. The van der Waals surface area contributed by atoms with E-state index in [1.807, 2.05) is 18.2 Å². The highest BCUT2D eigenvalue weighted by Crippen LogP contribution is 2.22. The molecule has 1 heterocycles. The van der Waals surface area contributed by atoms with E-state index in [-0.39, 0.29) is 0 Å². The van der Waals surface area contributed by atoms with Gasteiger partial charge in [0.1, 0.15) is 11.6 Å². The van der Waals surface area contributed by atoms with Crippen LogP contribution >= 0.6 is 33.9 Å². The van der Waals surface area contributed by atoms with Crippen LogP contribution in [-0.2, 0) is 0 Å². The molecule has 3 N–H and O–H groups in total. The van der Waals surface area contributed by atoms with E-state index in [9.17, 15) is 0 Å². The van der Waals surface area contributed by atoms with Crippen LogP contribution in [0.5, 0.6) is 5.75 Å². The Kier molecular flexibility index (Phi) is 4.37. The molecule has 7 heteroatoms. The van der Waals surface area contributed by atoms with Crippen molar-refractivity contribution in [3.05, 3.63) is 32.7 Å². The molecule has 2 aromatic rings. The van der Waals surface area contributed by atoms with Crippen LogP contribution in [0, 0.1) is 3.57 Å². The highest BCUT2D eigenvalue weighted by molar-refractivity contribution is 14.1. The lowest BCUT2D eigenvalue weighted by Gasteiger charge is -2.05. The molecular weight excluding hydrogens is 363 g/mol. The third kappa shape index (κ3) is 3.10. The molecular formula is C11H11IN4OS. The highest BCUT2D eigenvalue weighted by atomic mass is 127. The first-order valence-electron chi connectivity index (χ1n) is 5.03. The van der Waals surface area contributed by atoms with Gasteiger partial charge in [0.15, 0.2) is 0 Å². The van der Waals surface area contributed by atoms with Crippen LogP contribution in [0.1, 0.15) is 5.56 Å². The van der Waals surface area contributed by atoms with Crippen LogP contribution in [0.15, 0.2) is 28.7 Å². The number of anilines is 2. The molecule has 18 heavy (non-hydrogen) atoms. The van der Waals surface area contributed by atoms with Crippen molar-refractivity contribution >= 4 is 51.1 Å². The fourth-order valence-corrected chi connectivity index (χ4v) is 2.47. The Morgan fingerprint density at radius 2 is 2.39 bits per heavy atom. The fraction of sp³-hybridized carbons (Fsp3) is 0.0909. The number of hydrazone groups is 1. The molecule has 0 spiro atoms. The Morgan fingerprint density at radius 3 is 3.06 bits per heavy atom. The van der Waals surface area contributed by atoms with Crippen molar-refractivity contribution in [1.82, 2.24) is 4.98 Å². The van der Waals surface area contributed by atoms with Crippen LogP contribution in [-0.4, -0.2) is 18.3 Å². The minimum absolute atomic E-state index is 0.490. The Labute approximate surface area is 122 Å². The van der Waals surface area contributed by atoms with Crippen molar-refractivity contribution in [2.45, 2.75) is 0 Å². The lowest BCUT2D eigenvalue weighted by Crippen LogP contribution is -1.96. The molecule has 0 aliphatic carbocycles. The molecule has 0 bridgehead atoms. The second kappa shape index (κ2) is 6.01. The van der Waals surface area contributed by atoms with E-state index in [4.69, 9.17) is 10.5 Å². The van der Waals surface area contributed by atoms with E-state index in [2.05, 4.69) is 38.1 Å². The Hall–Kier alpha value is -1.35. The number of halogens is 1. The second-order valence-corrected chi connectivity index (χ2v) is 5.32. The van der Waals surface area contributed by atoms with Crippen LogP contribution in [0.2, 0.25) is 0 Å². The summed E-state index contributed by atoms with van der Waals surface area (Å²) < 4.78 is 6.34. The van der Waals surface area contributed by atoms with Gasteiger partial charge >= 0.3 is 0 Å². The average Bonchev–Trinajstić information content (AvgIpc) is 2.77. The minimum Gasteiger partial charge on any atom is -0.496 e. The number of aromatic nitrogens is 1. The smallest absolute Gasteiger partial charge is 0.205 e. The molecule has 94 valence electrons. The zero-order chi connectivity index (χ0) is 13.0. The maximum absolute atomic E-state index is 5.52. The van der Waals surface area contributed by atoms with Crippen molar-refractivity contribution in [2.24, 2.45) is 5.10 Å². The summed E-state index contributed by atoms with van der Waals surface area (Å²) in [5.74, 6) is 1.27. The summed E-state index contributed by atoms with van der Waals surface area (Å²) in [6.45, 7) is 0. The van der Waals surface area contributed by atoms with Crippen molar-refractivity contribution in [2.75, 3.05) is 18.3 Å². The third-order valence-electron chi connectivity index (χ3n) is 2.11. The number of nitrogens with two attached hydrogens (primary N) is 1. The number of methoxy groups -OCH3 is 1. The summed E-state index contributed by atoms with van der Waals surface area (Å²) in [7, 11) is 1.64. The number of nitrogens with one attached hydrogen (secondary N) is 1. The standard InChI is InChI=1S/C11H11IN4OS/c1-17-9-4-2-3-8(12)7(9)5-14-16-11-15-10(13)6-18-11/h2-6H,13H2,1H3,(H,15,16). The Morgan fingerprint density at radius 1 is 1.56 bits per heavy atom. The largest absolute Gasteiger partial charge is 0.496 e. The summed E-state index contributed by atoms with van der Waals surface area (Å²) in [6, 6.07) is 5.82. The van der Waals surface area contributed by atoms with Crippen molar-refractivity contribution in [1.29, 1.82) is 0 Å². The first-order chi connectivity index (χ1) is 8.70. The van der Waals surface area contributed by atoms with Crippen LogP contribution < -0.4 is 15.9 Å². The summed E-state index contributed by atoms with van der Waals surface area (Å²) in [6.07, 6.45) is 1.71. The summed E-state index contributed by atoms with van der Waals surface area (Å²) in [5.41, 5.74) is 9.28. The topological polar surface area (TPSA) is 72.5 Å². The Bertz CT molecular complexity index is 570. The van der Waals surface area contributed by atoms with E-state index in [0.29, 0.717) is 10.9 Å². The molecule has 0 amide bonds. The van der Waals surface area contributed by atoms with Gasteiger partial charge in [0.05, 0.1) is 13.3 Å². The molecule has 0 radical (unpaired) electrons. The van der Waals surface area contributed by atoms with E-state index >= 15 is 0 Å². The van der Waals surface area contributed by atoms with Gasteiger partial charge in [-0.2, -0.15) is 5.10 Å². The van der Waals surface area contributed by atoms with Gasteiger partial charge in [0.2, 0.25) is 5.13 Å². The summed E-state index contributed by atoms with van der Waals surface area (Å²) >= 11 is 3.64. The number of nitrogens with zero attached hydrogens (tertiary/aromatic N) is 2. The molecule has 0 aliphatic rings. The quantitative estimate of drug-likeness (QED) is 0.491. The van der Waals surface area contributed by atoms with Gasteiger partial charge in [-0.25, -0.2) is 4.98 Å². The predicted molar refractivity (Wildman–Crippen MR) is 83.5 cm³/mol. The summed E-state index contributed by atoms with van der Waals surface area (Å²) in [5, 5.41) is 6.54. The maximum atomic E-state index is 5.52. The molecule has 0 aliphatic heterocycles. The molecule has 0 atom stereocenters. The zero-order valence-corrected chi connectivity index (χ0v) is 12.5. The molecule has 0 saturated heterocycles. The van der Waals surface area contributed by atoms with Gasteiger partial charge in [0.25, 0.3) is 0 Å². The SMILES string of the molecule is COc1cccc(I)c1C=NNc1nc(N)cs1. The molecule has 0 unspecified atom stereocenters. The van der Waals surface area contributed by atoms with E-state index in [1.165, 1.54) is 11.3 Å². The first-order valence-corrected chi connectivity index (χ1v) is 6.99. The minimum atomic E-state index is 0.490. The lowest BCUT2D eigenvalue weighted by atomic mass is 10.2. The number of benzene rings is 1. The van der Waals surface area contributed by atoms with Crippen molar-refractivity contribution < 1.29 is 4.74 Å². The second-order valence-electron chi connectivity index (χ2n) is 3.30. The van der Waals surface area contributed by atoms with Crippen molar-refractivity contribution in [3.8, 4) is 5.75 Å². The molecule has 1 aromatic heterocycles. The number of ether oxygens (including phenoxy) is 1. The number of nitrogen functional groups attached to an aromatic ring is 1. The number of rotatable bonds is 4. The van der Waals surface area contributed by atoms with Crippen LogP contribution in [0.25, 0.3) is 0 Å². The van der Waals surface area contributed by atoms with E-state index in [0.717, 1.165) is 14.9 Å². The molecule has 2 rings (SSSR count). The number of thiazole rings is 1. The summed E-state index contributed by atoms with van der Waals surface area (Å²) in [4.78, 5) is 4.05. The zero-order valence-electron chi connectivity index (χ0n) is 9.55. The van der Waals surface area contributed by atoms with E-state index < -0.39 is 0 Å². The van der Waals surface area contributed by atoms with Gasteiger partial charge in [-0.15, -0.1) is 11.3 Å². The fourth-order valence-electron chi connectivity index (χ4n) is 1.31.